The molecule has 0 radical (unpaired) electrons. The van der Waals surface area contributed by atoms with E-state index in [1.165, 1.54) is 19.3 Å². The van der Waals surface area contributed by atoms with Crippen LogP contribution in [0.4, 0.5) is 0 Å². The molecule has 4 nitrogen and oxygen atoms in total. The minimum atomic E-state index is -3.54. The zero-order chi connectivity index (χ0) is 14.9. The molecule has 0 spiro atoms. The van der Waals surface area contributed by atoms with Crippen LogP contribution in [0.15, 0.2) is 34.3 Å². The Morgan fingerprint density at radius 2 is 1.81 bits per heavy atom. The van der Waals surface area contributed by atoms with Crippen LogP contribution in [0.3, 0.4) is 0 Å². The lowest BCUT2D eigenvalue weighted by Gasteiger charge is -2.24. The molecule has 0 saturated heterocycles. The summed E-state index contributed by atoms with van der Waals surface area (Å²) in [6, 6.07) is 6.84. The standard InChI is InChI=1S/C16H22N2O2S/c1-12-6-9-14(10-7-12)21(19,20)18-17-16-11-8-13-4-2-3-5-15(13)16/h6-7,9-10,13,15,18H,2-5,8,11H2,1H3/b17-16+/t13-,15-/m0/s1. The van der Waals surface area contributed by atoms with E-state index in [0.29, 0.717) is 5.92 Å². The number of fused-ring (bicyclic) bond motifs is 1. The highest BCUT2D eigenvalue weighted by Crippen LogP contribution is 2.40. The van der Waals surface area contributed by atoms with Crippen molar-refractivity contribution in [3.8, 4) is 0 Å². The van der Waals surface area contributed by atoms with Crippen molar-refractivity contribution in [2.75, 3.05) is 0 Å². The fraction of sp³-hybridized carbons (Fsp3) is 0.562. The highest BCUT2D eigenvalue weighted by atomic mass is 32.2. The number of sulfonamides is 1. The van der Waals surface area contributed by atoms with Gasteiger partial charge in [-0.05, 0) is 50.7 Å². The lowest BCUT2D eigenvalue weighted by atomic mass is 9.81. The smallest absolute Gasteiger partial charge is 0.200 e. The zero-order valence-corrected chi connectivity index (χ0v) is 13.2. The van der Waals surface area contributed by atoms with Crippen molar-refractivity contribution in [1.82, 2.24) is 4.83 Å². The third-order valence-corrected chi connectivity index (χ3v) is 5.97. The van der Waals surface area contributed by atoms with E-state index >= 15 is 0 Å². The highest BCUT2D eigenvalue weighted by molar-refractivity contribution is 7.89. The molecule has 0 unspecified atom stereocenters. The van der Waals surface area contributed by atoms with Gasteiger partial charge >= 0.3 is 0 Å². The fourth-order valence-electron chi connectivity index (χ4n) is 3.54. The number of aryl methyl sites for hydroxylation is 1. The monoisotopic (exact) mass is 306 g/mol. The van der Waals surface area contributed by atoms with Crippen LogP contribution >= 0.6 is 0 Å². The second kappa shape index (κ2) is 5.79. The molecule has 3 rings (SSSR count). The zero-order valence-electron chi connectivity index (χ0n) is 12.4. The predicted octanol–water partition coefficient (Wildman–Crippen LogP) is 3.23. The number of nitrogens with one attached hydrogen (secondary N) is 1. The van der Waals surface area contributed by atoms with Crippen LogP contribution in [0.1, 0.15) is 44.1 Å². The Balaban J connectivity index is 1.74. The van der Waals surface area contributed by atoms with Gasteiger partial charge in [0.15, 0.2) is 0 Å². The van der Waals surface area contributed by atoms with Gasteiger partial charge in [0.25, 0.3) is 10.0 Å². The Bertz CT molecular complexity index is 635. The Labute approximate surface area is 126 Å². The topological polar surface area (TPSA) is 58.5 Å². The van der Waals surface area contributed by atoms with Gasteiger partial charge in [0.05, 0.1) is 4.90 Å². The number of nitrogens with zero attached hydrogens (tertiary/aromatic N) is 1. The van der Waals surface area contributed by atoms with E-state index in [9.17, 15) is 8.42 Å². The molecule has 5 heteroatoms. The third-order valence-electron chi connectivity index (χ3n) is 4.75. The van der Waals surface area contributed by atoms with Crippen LogP contribution in [0.25, 0.3) is 0 Å². The van der Waals surface area contributed by atoms with Gasteiger partial charge in [-0.15, -0.1) is 0 Å². The molecule has 0 amide bonds. The molecule has 0 bridgehead atoms. The van der Waals surface area contributed by atoms with Gasteiger partial charge in [-0.2, -0.15) is 13.5 Å². The first-order chi connectivity index (χ1) is 10.1. The van der Waals surface area contributed by atoms with Crippen LogP contribution in [0, 0.1) is 18.8 Å². The maximum absolute atomic E-state index is 12.2. The molecule has 0 aromatic heterocycles. The molecule has 0 aliphatic heterocycles. The third kappa shape index (κ3) is 3.12. The lowest BCUT2D eigenvalue weighted by molar-refractivity contribution is 0.317. The van der Waals surface area contributed by atoms with Crippen molar-refractivity contribution < 1.29 is 8.42 Å². The van der Waals surface area contributed by atoms with Crippen molar-refractivity contribution in [3.63, 3.8) is 0 Å². The summed E-state index contributed by atoms with van der Waals surface area (Å²) < 4.78 is 24.5. The normalized spacial score (nSPS) is 27.6. The van der Waals surface area contributed by atoms with Gasteiger partial charge in [-0.1, -0.05) is 30.5 Å². The first-order valence-electron chi connectivity index (χ1n) is 7.71. The number of hydrogen-bond donors (Lipinski definition) is 1. The summed E-state index contributed by atoms with van der Waals surface area (Å²) in [4.78, 5) is 2.70. The van der Waals surface area contributed by atoms with Crippen LogP contribution in [-0.4, -0.2) is 14.1 Å². The SMILES string of the molecule is Cc1ccc(S(=O)(=O)N/N=C2\CC[C@@H]3CCCC[C@H]23)cc1. The van der Waals surface area contributed by atoms with Gasteiger partial charge < -0.3 is 0 Å². The van der Waals surface area contributed by atoms with Crippen LogP contribution < -0.4 is 4.83 Å². The Morgan fingerprint density at radius 3 is 2.57 bits per heavy atom. The Hall–Kier alpha value is -1.36. The number of hydrazone groups is 1. The molecule has 1 aromatic rings. The van der Waals surface area contributed by atoms with Crippen molar-refractivity contribution >= 4 is 15.7 Å². The predicted molar refractivity (Wildman–Crippen MR) is 83.6 cm³/mol. The molecule has 2 aliphatic rings. The van der Waals surface area contributed by atoms with E-state index in [4.69, 9.17) is 0 Å². The average molecular weight is 306 g/mol. The van der Waals surface area contributed by atoms with Gasteiger partial charge in [0.1, 0.15) is 0 Å². The average Bonchev–Trinajstić information content (AvgIpc) is 2.89. The molecular formula is C16H22N2O2S. The summed E-state index contributed by atoms with van der Waals surface area (Å²) in [5.41, 5.74) is 2.09. The Morgan fingerprint density at radius 1 is 1.10 bits per heavy atom. The lowest BCUT2D eigenvalue weighted by Crippen LogP contribution is -2.24. The summed E-state index contributed by atoms with van der Waals surface area (Å²) >= 11 is 0. The maximum atomic E-state index is 12.2. The van der Waals surface area contributed by atoms with Crippen LogP contribution in [0.5, 0.6) is 0 Å². The van der Waals surface area contributed by atoms with E-state index < -0.39 is 10.0 Å². The van der Waals surface area contributed by atoms with Crippen LogP contribution in [-0.2, 0) is 10.0 Å². The van der Waals surface area contributed by atoms with Crippen molar-refractivity contribution in [2.45, 2.75) is 50.3 Å². The van der Waals surface area contributed by atoms with E-state index in [2.05, 4.69) is 9.93 Å². The molecule has 114 valence electrons. The quantitative estimate of drug-likeness (QED) is 0.872. The van der Waals surface area contributed by atoms with Crippen molar-refractivity contribution in [2.24, 2.45) is 16.9 Å². The largest absolute Gasteiger partial charge is 0.276 e. The summed E-state index contributed by atoms with van der Waals surface area (Å²) in [6.07, 6.45) is 7.08. The first kappa shape index (κ1) is 14.6. The second-order valence-corrected chi connectivity index (χ2v) is 7.86. The van der Waals surface area contributed by atoms with E-state index in [1.54, 1.807) is 24.3 Å². The van der Waals surface area contributed by atoms with Gasteiger partial charge in [0, 0.05) is 11.6 Å². The molecule has 2 fully saturated rings. The second-order valence-electron chi connectivity index (χ2n) is 6.20. The minimum Gasteiger partial charge on any atom is -0.200 e. The molecule has 1 N–H and O–H groups in total. The molecule has 2 atom stereocenters. The van der Waals surface area contributed by atoms with Crippen LogP contribution in [0.2, 0.25) is 0 Å². The molecule has 2 aliphatic carbocycles. The maximum Gasteiger partial charge on any atom is 0.276 e. The fourth-order valence-corrected chi connectivity index (χ4v) is 4.38. The van der Waals surface area contributed by atoms with E-state index in [0.717, 1.165) is 36.5 Å². The summed E-state index contributed by atoms with van der Waals surface area (Å²) in [5, 5.41) is 4.26. The van der Waals surface area contributed by atoms with E-state index in [-0.39, 0.29) is 4.90 Å². The van der Waals surface area contributed by atoms with Gasteiger partial charge in [0.2, 0.25) is 0 Å². The highest BCUT2D eigenvalue weighted by Gasteiger charge is 2.34. The molecular weight excluding hydrogens is 284 g/mol. The summed E-state index contributed by atoms with van der Waals surface area (Å²) in [6.45, 7) is 1.94. The number of hydrogen-bond acceptors (Lipinski definition) is 3. The number of rotatable bonds is 3. The molecule has 1 aromatic carbocycles. The van der Waals surface area contributed by atoms with Gasteiger partial charge in [-0.3, -0.25) is 0 Å². The minimum absolute atomic E-state index is 0.274. The molecule has 21 heavy (non-hydrogen) atoms. The van der Waals surface area contributed by atoms with Crippen molar-refractivity contribution in [1.29, 1.82) is 0 Å². The summed E-state index contributed by atoms with van der Waals surface area (Å²) in [7, 11) is -3.54. The van der Waals surface area contributed by atoms with Gasteiger partial charge in [-0.25, -0.2) is 4.83 Å². The number of benzene rings is 1. The molecule has 2 saturated carbocycles. The van der Waals surface area contributed by atoms with Crippen molar-refractivity contribution in [3.05, 3.63) is 29.8 Å². The van der Waals surface area contributed by atoms with E-state index in [1.807, 2.05) is 6.92 Å². The Kier molecular flexibility index (Phi) is 4.02. The first-order valence-corrected chi connectivity index (χ1v) is 9.19. The summed E-state index contributed by atoms with van der Waals surface area (Å²) in [5.74, 6) is 1.22. The molecule has 0 heterocycles.